The van der Waals surface area contributed by atoms with Crippen molar-refractivity contribution in [2.75, 3.05) is 20.8 Å². The third kappa shape index (κ3) is 4.83. The van der Waals surface area contributed by atoms with Crippen LogP contribution < -0.4 is 4.74 Å². The Morgan fingerprint density at radius 3 is 2.32 bits per heavy atom. The lowest BCUT2D eigenvalue weighted by Gasteiger charge is -2.44. The summed E-state index contributed by atoms with van der Waals surface area (Å²) in [5.41, 5.74) is 4.13. The van der Waals surface area contributed by atoms with Crippen molar-refractivity contribution in [1.82, 2.24) is 4.90 Å². The molecule has 1 aliphatic rings. The molecule has 1 atom stereocenters. The van der Waals surface area contributed by atoms with Crippen LogP contribution in [0.1, 0.15) is 33.3 Å². The van der Waals surface area contributed by atoms with E-state index in [9.17, 15) is 9.50 Å². The normalized spacial score (nSPS) is 17.2. The number of ether oxygens (including phenoxy) is 1. The van der Waals surface area contributed by atoms with Crippen LogP contribution in [0.3, 0.4) is 0 Å². The van der Waals surface area contributed by atoms with Gasteiger partial charge in [-0.2, -0.15) is 0 Å². The molecule has 1 N–H and O–H groups in total. The fourth-order valence-electron chi connectivity index (χ4n) is 4.48. The lowest BCUT2D eigenvalue weighted by molar-refractivity contribution is 0.220. The minimum atomic E-state index is -0.265. The van der Waals surface area contributed by atoms with Gasteiger partial charge in [0.1, 0.15) is 11.6 Å². The van der Waals surface area contributed by atoms with E-state index in [2.05, 4.69) is 45.7 Å². The van der Waals surface area contributed by atoms with Crippen molar-refractivity contribution in [3.8, 4) is 5.75 Å². The topological polar surface area (TPSA) is 32.7 Å². The van der Waals surface area contributed by atoms with Crippen LogP contribution in [-0.2, 0) is 0 Å². The average molecular weight is 442 g/mol. The smallest absolute Gasteiger partial charge is 0.123 e. The second-order valence-electron chi connectivity index (χ2n) is 8.52. The van der Waals surface area contributed by atoms with Crippen LogP contribution in [0.25, 0.3) is 5.57 Å². The van der Waals surface area contributed by atoms with E-state index in [1.807, 2.05) is 30.3 Å². The molecule has 1 unspecified atom stereocenters. The molecule has 1 heterocycles. The molecule has 0 amide bonds. The number of aliphatic hydroxyl groups excluding tert-OH is 1. The summed E-state index contributed by atoms with van der Waals surface area (Å²) in [6, 6.07) is 14.7. The zero-order chi connectivity index (χ0) is 22.7. The van der Waals surface area contributed by atoms with Gasteiger partial charge in [-0.15, -0.1) is 0 Å². The molecule has 0 bridgehead atoms. The largest absolute Gasteiger partial charge is 0.497 e. The summed E-state index contributed by atoms with van der Waals surface area (Å²) >= 11 is 1.67. The van der Waals surface area contributed by atoms with Crippen LogP contribution in [0.2, 0.25) is 0 Å². The molecule has 0 radical (unpaired) electrons. The molecule has 0 aromatic heterocycles. The molecule has 1 aliphatic heterocycles. The third-order valence-electron chi connectivity index (χ3n) is 5.68. The molecule has 166 valence electrons. The molecule has 3 nitrogen and oxygen atoms in total. The Hall–Kier alpha value is -2.24. The van der Waals surface area contributed by atoms with Gasteiger partial charge in [0.25, 0.3) is 0 Å². The van der Waals surface area contributed by atoms with Gasteiger partial charge in [-0.1, -0.05) is 57.7 Å². The summed E-state index contributed by atoms with van der Waals surface area (Å²) < 4.78 is 19.1. The van der Waals surface area contributed by atoms with Crippen molar-refractivity contribution >= 4 is 17.3 Å². The van der Waals surface area contributed by atoms with E-state index in [1.54, 1.807) is 18.9 Å². The predicted molar refractivity (Wildman–Crippen MR) is 128 cm³/mol. The molecule has 5 heteroatoms. The maximum atomic E-state index is 13.7. The van der Waals surface area contributed by atoms with Crippen LogP contribution in [-0.4, -0.2) is 36.8 Å². The van der Waals surface area contributed by atoms with Crippen molar-refractivity contribution in [2.24, 2.45) is 11.8 Å². The summed E-state index contributed by atoms with van der Waals surface area (Å²) in [5, 5.41) is 10.5. The number of likely N-dealkylation sites (N-methyl/N-ethyl adjacent to an activating group) is 1. The van der Waals surface area contributed by atoms with E-state index in [1.165, 1.54) is 17.8 Å². The number of halogens is 1. The van der Waals surface area contributed by atoms with Crippen molar-refractivity contribution in [2.45, 2.75) is 38.6 Å². The standard InChI is InChI=1S/C26H32FNO2S/c1-16(2)24-22(15-29)23(18-10-12-19(27)13-11-18)26(25(17(3)4)28(24)5)31-21-9-7-8-20(14-21)30-6/h7-14,16-17,24,29H,15H2,1-6H3. The highest BCUT2D eigenvalue weighted by molar-refractivity contribution is 8.03. The molecular weight excluding hydrogens is 409 g/mol. The predicted octanol–water partition coefficient (Wildman–Crippen LogP) is 6.21. The first-order valence-corrected chi connectivity index (χ1v) is 11.5. The van der Waals surface area contributed by atoms with Crippen LogP contribution in [0.5, 0.6) is 5.75 Å². The monoisotopic (exact) mass is 441 g/mol. The second kappa shape index (κ2) is 9.92. The SMILES string of the molecule is COc1cccc(SC2=C(C(C)C)N(C)C(C(C)C)C(CO)=C2c2ccc(F)cc2)c1. The number of nitrogens with zero attached hydrogens (tertiary/aromatic N) is 1. The number of hydrogen-bond donors (Lipinski definition) is 1. The summed E-state index contributed by atoms with van der Waals surface area (Å²) in [6.07, 6.45) is 0. The fraction of sp³-hybridized carbons (Fsp3) is 0.385. The van der Waals surface area contributed by atoms with Gasteiger partial charge in [-0.05, 0) is 53.3 Å². The molecule has 3 rings (SSSR count). The number of benzene rings is 2. The Kier molecular flexibility index (Phi) is 7.50. The summed E-state index contributed by atoms with van der Waals surface area (Å²) in [6.45, 7) is 8.70. The van der Waals surface area contributed by atoms with E-state index in [0.717, 1.165) is 32.3 Å². The zero-order valence-electron chi connectivity index (χ0n) is 19.1. The van der Waals surface area contributed by atoms with Crippen molar-refractivity contribution in [3.63, 3.8) is 0 Å². The first-order valence-electron chi connectivity index (χ1n) is 10.7. The Morgan fingerprint density at radius 1 is 1.10 bits per heavy atom. The van der Waals surface area contributed by atoms with E-state index >= 15 is 0 Å². The van der Waals surface area contributed by atoms with E-state index < -0.39 is 0 Å². The van der Waals surface area contributed by atoms with E-state index in [0.29, 0.717) is 5.92 Å². The molecule has 2 aromatic carbocycles. The van der Waals surface area contributed by atoms with Crippen LogP contribution in [0, 0.1) is 17.7 Å². The lowest BCUT2D eigenvalue weighted by Crippen LogP contribution is -2.42. The van der Waals surface area contributed by atoms with Gasteiger partial charge in [0.05, 0.1) is 19.8 Å². The average Bonchev–Trinajstić information content (AvgIpc) is 2.73. The molecule has 31 heavy (non-hydrogen) atoms. The first-order chi connectivity index (χ1) is 14.8. The van der Waals surface area contributed by atoms with Crippen molar-refractivity contribution in [3.05, 3.63) is 76.1 Å². The van der Waals surface area contributed by atoms with E-state index in [-0.39, 0.29) is 24.4 Å². The maximum absolute atomic E-state index is 13.7. The van der Waals surface area contributed by atoms with Crippen LogP contribution in [0.15, 0.2) is 69.6 Å². The van der Waals surface area contributed by atoms with E-state index in [4.69, 9.17) is 4.74 Å². The number of methoxy groups -OCH3 is 1. The highest BCUT2D eigenvalue weighted by atomic mass is 32.2. The zero-order valence-corrected chi connectivity index (χ0v) is 20.0. The maximum Gasteiger partial charge on any atom is 0.123 e. The Bertz CT molecular complexity index is 979. The molecule has 0 spiro atoms. The molecule has 0 saturated heterocycles. The molecular formula is C26H32FNO2S. The van der Waals surface area contributed by atoms with Crippen LogP contribution in [0.4, 0.5) is 4.39 Å². The Morgan fingerprint density at radius 2 is 1.77 bits per heavy atom. The number of hydrogen-bond acceptors (Lipinski definition) is 4. The fourth-order valence-corrected chi connectivity index (χ4v) is 5.87. The van der Waals surface area contributed by atoms with Gasteiger partial charge in [0.15, 0.2) is 0 Å². The van der Waals surface area contributed by atoms with Crippen molar-refractivity contribution < 1.29 is 14.2 Å². The molecule has 0 aliphatic carbocycles. The third-order valence-corrected chi connectivity index (χ3v) is 6.78. The van der Waals surface area contributed by atoms with Gasteiger partial charge >= 0.3 is 0 Å². The number of rotatable bonds is 7. The van der Waals surface area contributed by atoms with Gasteiger partial charge in [-0.25, -0.2) is 4.39 Å². The first kappa shape index (κ1) is 23.4. The number of thioether (sulfide) groups is 1. The van der Waals surface area contributed by atoms with Gasteiger partial charge < -0.3 is 14.7 Å². The summed E-state index contributed by atoms with van der Waals surface area (Å²) in [4.78, 5) is 4.47. The van der Waals surface area contributed by atoms with Gasteiger partial charge in [-0.3, -0.25) is 0 Å². The van der Waals surface area contributed by atoms with Gasteiger partial charge in [0, 0.05) is 28.1 Å². The highest BCUT2D eigenvalue weighted by Gasteiger charge is 2.36. The van der Waals surface area contributed by atoms with Crippen LogP contribution >= 0.6 is 11.8 Å². The van der Waals surface area contributed by atoms with Crippen molar-refractivity contribution in [1.29, 1.82) is 0 Å². The number of aliphatic hydroxyl groups is 1. The van der Waals surface area contributed by atoms with Gasteiger partial charge in [0.2, 0.25) is 0 Å². The molecule has 0 fully saturated rings. The minimum Gasteiger partial charge on any atom is -0.497 e. The quantitative estimate of drug-likeness (QED) is 0.554. The Balaban J connectivity index is 2.28. The number of allylic oxidation sites excluding steroid dienone is 2. The molecule has 2 aromatic rings. The molecule has 0 saturated carbocycles. The summed E-state index contributed by atoms with van der Waals surface area (Å²) in [5.74, 6) is 1.11. The summed E-state index contributed by atoms with van der Waals surface area (Å²) in [7, 11) is 3.78. The lowest BCUT2D eigenvalue weighted by atomic mass is 9.83. The minimum absolute atomic E-state index is 0.0482. The highest BCUT2D eigenvalue weighted by Crippen LogP contribution is 2.48. The Labute approximate surface area is 189 Å². The second-order valence-corrected chi connectivity index (χ2v) is 9.60.